The molecule has 1 amide bonds. The fourth-order valence-electron chi connectivity index (χ4n) is 2.76. The molecule has 2 heterocycles. The fraction of sp³-hybridized carbons (Fsp3) is 0.571. The number of nitrogens with zero attached hydrogens (tertiary/aromatic N) is 2. The maximum absolute atomic E-state index is 12.5. The number of aromatic nitrogens is 2. The Morgan fingerprint density at radius 3 is 3.16 bits per heavy atom. The second kappa shape index (κ2) is 5.57. The lowest BCUT2D eigenvalue weighted by atomic mass is 9.93. The molecular formula is C14H19N3O2. The zero-order valence-electron chi connectivity index (χ0n) is 10.9. The number of rotatable bonds is 2. The fourth-order valence-corrected chi connectivity index (χ4v) is 2.76. The van der Waals surface area contributed by atoms with Crippen molar-refractivity contribution in [3.8, 4) is 0 Å². The van der Waals surface area contributed by atoms with E-state index in [1.54, 1.807) is 6.20 Å². The highest BCUT2D eigenvalue weighted by atomic mass is 16.5. The van der Waals surface area contributed by atoms with Crippen molar-refractivity contribution in [2.24, 2.45) is 5.92 Å². The molecule has 1 saturated heterocycles. The van der Waals surface area contributed by atoms with Crippen LogP contribution in [0.2, 0.25) is 0 Å². The Kier molecular flexibility index (Phi) is 3.64. The molecule has 19 heavy (non-hydrogen) atoms. The maximum atomic E-state index is 12.5. The highest BCUT2D eigenvalue weighted by molar-refractivity contribution is 5.79. The highest BCUT2D eigenvalue weighted by Gasteiger charge is 2.30. The number of carbonyl (C=O) groups excluding carboxylic acids is 1. The van der Waals surface area contributed by atoms with E-state index in [1.165, 1.54) is 0 Å². The van der Waals surface area contributed by atoms with Crippen molar-refractivity contribution in [2.45, 2.75) is 25.4 Å². The molecule has 0 saturated carbocycles. The lowest BCUT2D eigenvalue weighted by Crippen LogP contribution is -2.45. The number of amides is 1. The van der Waals surface area contributed by atoms with E-state index in [0.29, 0.717) is 19.7 Å². The minimum atomic E-state index is -0.0458. The van der Waals surface area contributed by atoms with Gasteiger partial charge in [0.05, 0.1) is 19.3 Å². The van der Waals surface area contributed by atoms with Gasteiger partial charge in [-0.2, -0.15) is 5.10 Å². The first-order valence-electron chi connectivity index (χ1n) is 6.88. The van der Waals surface area contributed by atoms with Crippen LogP contribution in [-0.4, -0.2) is 40.7 Å². The molecule has 0 aromatic carbocycles. The largest absolute Gasteiger partial charge is 0.370 e. The van der Waals surface area contributed by atoms with Crippen LogP contribution in [0.3, 0.4) is 0 Å². The third kappa shape index (κ3) is 2.71. The van der Waals surface area contributed by atoms with Crippen LogP contribution in [0.5, 0.6) is 0 Å². The summed E-state index contributed by atoms with van der Waals surface area (Å²) in [5.74, 6) is 0.439. The Labute approximate surface area is 112 Å². The zero-order valence-corrected chi connectivity index (χ0v) is 10.9. The summed E-state index contributed by atoms with van der Waals surface area (Å²) in [5, 5.41) is 6.73. The maximum Gasteiger partial charge on any atom is 0.226 e. The Morgan fingerprint density at radius 2 is 2.42 bits per heavy atom. The number of allylic oxidation sites excluding steroid dienone is 2. The van der Waals surface area contributed by atoms with Gasteiger partial charge in [-0.05, 0) is 19.3 Å². The standard InChI is InChI=1S/C14H19N3O2/c18-14(11-4-2-1-3-5-11)17-6-7-19-13(10-17)12-8-15-16-9-12/h1-2,8-9,11,13H,3-7,10H2,(H,15,16). The van der Waals surface area contributed by atoms with E-state index in [0.717, 1.165) is 24.8 Å². The number of hydrogen-bond acceptors (Lipinski definition) is 3. The molecule has 2 aliphatic rings. The molecule has 5 heteroatoms. The summed E-state index contributed by atoms with van der Waals surface area (Å²) in [7, 11) is 0. The number of aromatic amines is 1. The van der Waals surface area contributed by atoms with Gasteiger partial charge in [-0.25, -0.2) is 0 Å². The Bertz CT molecular complexity index is 455. The average molecular weight is 261 g/mol. The van der Waals surface area contributed by atoms with E-state index < -0.39 is 0 Å². The van der Waals surface area contributed by atoms with E-state index in [4.69, 9.17) is 4.74 Å². The quantitative estimate of drug-likeness (QED) is 0.824. The number of H-pyrrole nitrogens is 1. The topological polar surface area (TPSA) is 58.2 Å². The second-order valence-corrected chi connectivity index (χ2v) is 5.16. The van der Waals surface area contributed by atoms with Gasteiger partial charge in [0.2, 0.25) is 5.91 Å². The van der Waals surface area contributed by atoms with Gasteiger partial charge in [0.15, 0.2) is 0 Å². The molecule has 0 spiro atoms. The molecule has 2 unspecified atom stereocenters. The van der Waals surface area contributed by atoms with Crippen LogP contribution < -0.4 is 0 Å². The average Bonchev–Trinajstić information content (AvgIpc) is 3.02. The predicted octanol–water partition coefficient (Wildman–Crippen LogP) is 1.67. The third-order valence-corrected chi connectivity index (χ3v) is 3.89. The molecule has 102 valence electrons. The van der Waals surface area contributed by atoms with Crippen LogP contribution in [0.25, 0.3) is 0 Å². The monoisotopic (exact) mass is 261 g/mol. The summed E-state index contributed by atoms with van der Waals surface area (Å²) in [5.41, 5.74) is 1.01. The van der Waals surface area contributed by atoms with Gasteiger partial charge in [-0.1, -0.05) is 12.2 Å². The Morgan fingerprint density at radius 1 is 1.47 bits per heavy atom. The zero-order chi connectivity index (χ0) is 13.1. The highest BCUT2D eigenvalue weighted by Crippen LogP contribution is 2.25. The number of nitrogens with one attached hydrogen (secondary N) is 1. The van der Waals surface area contributed by atoms with E-state index in [9.17, 15) is 4.79 Å². The smallest absolute Gasteiger partial charge is 0.226 e. The van der Waals surface area contributed by atoms with Crippen LogP contribution in [0, 0.1) is 5.92 Å². The first-order chi connectivity index (χ1) is 9.34. The summed E-state index contributed by atoms with van der Waals surface area (Å²) in [6.45, 7) is 1.94. The minimum Gasteiger partial charge on any atom is -0.370 e. The van der Waals surface area contributed by atoms with Crippen molar-refractivity contribution in [1.82, 2.24) is 15.1 Å². The van der Waals surface area contributed by atoms with Crippen molar-refractivity contribution in [2.75, 3.05) is 19.7 Å². The van der Waals surface area contributed by atoms with Crippen molar-refractivity contribution < 1.29 is 9.53 Å². The molecule has 2 atom stereocenters. The Balaban J connectivity index is 1.64. The number of ether oxygens (including phenoxy) is 1. The van der Waals surface area contributed by atoms with Gasteiger partial charge < -0.3 is 9.64 Å². The predicted molar refractivity (Wildman–Crippen MR) is 70.3 cm³/mol. The molecule has 3 rings (SSSR count). The second-order valence-electron chi connectivity index (χ2n) is 5.16. The Hall–Kier alpha value is -1.62. The molecule has 1 aromatic heterocycles. The lowest BCUT2D eigenvalue weighted by Gasteiger charge is -2.35. The molecule has 0 bridgehead atoms. The van der Waals surface area contributed by atoms with Gasteiger partial charge in [-0.15, -0.1) is 0 Å². The summed E-state index contributed by atoms with van der Waals surface area (Å²) in [4.78, 5) is 14.4. The summed E-state index contributed by atoms with van der Waals surface area (Å²) in [6.07, 6.45) is 10.7. The molecular weight excluding hydrogens is 242 g/mol. The minimum absolute atomic E-state index is 0.0458. The van der Waals surface area contributed by atoms with E-state index in [1.807, 2.05) is 11.1 Å². The van der Waals surface area contributed by atoms with Gasteiger partial charge in [-0.3, -0.25) is 9.89 Å². The van der Waals surface area contributed by atoms with Crippen molar-refractivity contribution >= 4 is 5.91 Å². The van der Waals surface area contributed by atoms with Gasteiger partial charge in [0, 0.05) is 24.2 Å². The van der Waals surface area contributed by atoms with Crippen LogP contribution in [-0.2, 0) is 9.53 Å². The molecule has 1 aromatic rings. The van der Waals surface area contributed by atoms with Crippen molar-refractivity contribution in [1.29, 1.82) is 0 Å². The SMILES string of the molecule is O=C(C1CC=CCC1)N1CCOC(c2cn[nH]c2)C1. The van der Waals surface area contributed by atoms with E-state index in [-0.39, 0.29) is 17.9 Å². The lowest BCUT2D eigenvalue weighted by molar-refractivity contribution is -0.143. The van der Waals surface area contributed by atoms with Crippen molar-refractivity contribution in [3.05, 3.63) is 30.1 Å². The van der Waals surface area contributed by atoms with Crippen LogP contribution in [0.4, 0.5) is 0 Å². The van der Waals surface area contributed by atoms with Crippen molar-refractivity contribution in [3.63, 3.8) is 0 Å². The molecule has 0 radical (unpaired) electrons. The summed E-state index contributed by atoms with van der Waals surface area (Å²) >= 11 is 0. The third-order valence-electron chi connectivity index (χ3n) is 3.89. The molecule has 1 aliphatic carbocycles. The molecule has 1 N–H and O–H groups in total. The summed E-state index contributed by atoms with van der Waals surface area (Å²) in [6, 6.07) is 0. The van der Waals surface area contributed by atoms with E-state index >= 15 is 0 Å². The summed E-state index contributed by atoms with van der Waals surface area (Å²) < 4.78 is 5.72. The van der Waals surface area contributed by atoms with Crippen LogP contribution in [0.1, 0.15) is 30.9 Å². The van der Waals surface area contributed by atoms with Gasteiger partial charge >= 0.3 is 0 Å². The normalized spacial score (nSPS) is 27.5. The molecule has 1 aliphatic heterocycles. The number of morpholine rings is 1. The van der Waals surface area contributed by atoms with Crippen LogP contribution in [0.15, 0.2) is 24.5 Å². The van der Waals surface area contributed by atoms with Gasteiger partial charge in [0.1, 0.15) is 6.10 Å². The number of hydrogen-bond donors (Lipinski definition) is 1. The van der Waals surface area contributed by atoms with Gasteiger partial charge in [0.25, 0.3) is 0 Å². The van der Waals surface area contributed by atoms with E-state index in [2.05, 4.69) is 22.3 Å². The van der Waals surface area contributed by atoms with Crippen LogP contribution >= 0.6 is 0 Å². The molecule has 1 fully saturated rings. The first kappa shape index (κ1) is 12.4. The first-order valence-corrected chi connectivity index (χ1v) is 6.88. The number of carbonyl (C=O) groups is 1. The molecule has 5 nitrogen and oxygen atoms in total.